The average molecular weight is 278 g/mol. The number of carbonyl (C=O) groups excluding carboxylic acids is 1. The first-order valence-electron chi connectivity index (χ1n) is 6.81. The number of unbranched alkanes of at least 4 members (excludes halogenated alkanes) is 2. The van der Waals surface area contributed by atoms with Gasteiger partial charge >= 0.3 is 5.97 Å². The van der Waals surface area contributed by atoms with Gasteiger partial charge < -0.3 is 4.74 Å². The molecule has 0 spiro atoms. The lowest BCUT2D eigenvalue weighted by Gasteiger charge is -2.23. The molecule has 108 valence electrons. The molecular weight excluding hydrogens is 251 g/mol. The summed E-state index contributed by atoms with van der Waals surface area (Å²) in [5.74, 6) is 0.707. The summed E-state index contributed by atoms with van der Waals surface area (Å²) in [5, 5.41) is -0.0937. The highest BCUT2D eigenvalue weighted by Gasteiger charge is 2.24. The van der Waals surface area contributed by atoms with Gasteiger partial charge in [-0.25, -0.2) is 0 Å². The van der Waals surface area contributed by atoms with Crippen LogP contribution in [0.3, 0.4) is 0 Å². The number of hydrogen-bond donors (Lipinski definition) is 0. The number of halogens is 1. The Kier molecular flexibility index (Phi) is 9.52. The minimum absolute atomic E-state index is 0.0937. The van der Waals surface area contributed by atoms with Gasteiger partial charge in [0.15, 0.2) is 0 Å². The number of esters is 1. The van der Waals surface area contributed by atoms with Gasteiger partial charge in [0.25, 0.3) is 0 Å². The number of carbonyl (C=O) groups is 1. The van der Waals surface area contributed by atoms with E-state index in [2.05, 4.69) is 6.92 Å². The Bertz CT molecular complexity index is 226. The highest BCUT2D eigenvalue weighted by Crippen LogP contribution is 2.22. The maximum absolute atomic E-state index is 12.0. The van der Waals surface area contributed by atoms with Gasteiger partial charge in [0.2, 0.25) is 0 Å². The lowest BCUT2D eigenvalue weighted by Crippen LogP contribution is -2.30. The van der Waals surface area contributed by atoms with E-state index in [1.807, 2.05) is 20.8 Å². The Balaban J connectivity index is 4.15. The molecular formula is C14H27FO2S. The number of ether oxygens (including phenoxy) is 1. The quantitative estimate of drug-likeness (QED) is 0.463. The number of thioether (sulfide) groups is 1. The molecule has 0 fully saturated rings. The van der Waals surface area contributed by atoms with Gasteiger partial charge in [-0.3, -0.25) is 9.18 Å². The van der Waals surface area contributed by atoms with Crippen molar-refractivity contribution in [3.63, 3.8) is 0 Å². The van der Waals surface area contributed by atoms with E-state index in [1.165, 1.54) is 0 Å². The highest BCUT2D eigenvalue weighted by molar-refractivity contribution is 8.00. The van der Waals surface area contributed by atoms with Crippen molar-refractivity contribution in [2.24, 2.45) is 0 Å². The fourth-order valence-corrected chi connectivity index (χ4v) is 2.62. The van der Waals surface area contributed by atoms with Gasteiger partial charge in [-0.1, -0.05) is 19.8 Å². The predicted octanol–water partition coefficient (Wildman–Crippen LogP) is 4.37. The van der Waals surface area contributed by atoms with Crippen molar-refractivity contribution in [2.45, 2.75) is 70.7 Å². The van der Waals surface area contributed by atoms with E-state index in [0.29, 0.717) is 6.42 Å². The molecule has 0 saturated heterocycles. The Morgan fingerprint density at radius 1 is 1.28 bits per heavy atom. The van der Waals surface area contributed by atoms with E-state index in [9.17, 15) is 9.18 Å². The normalized spacial score (nSPS) is 13.4. The molecule has 0 radical (unpaired) electrons. The highest BCUT2D eigenvalue weighted by atomic mass is 32.2. The van der Waals surface area contributed by atoms with E-state index >= 15 is 0 Å². The maximum Gasteiger partial charge on any atom is 0.319 e. The molecule has 0 aromatic rings. The summed E-state index contributed by atoms with van der Waals surface area (Å²) >= 11 is 1.61. The molecule has 0 saturated carbocycles. The minimum atomic E-state index is -0.430. The lowest BCUT2D eigenvalue weighted by atomic mass is 10.1. The molecule has 4 heteroatoms. The standard InChI is InChI=1S/C14H27FO2S/c1-5-6-9-12(18-11-8-7-10-15)13(16)17-14(2,3)4/h12H,5-11H2,1-4H3. The average Bonchev–Trinajstić information content (AvgIpc) is 2.25. The third kappa shape index (κ3) is 9.75. The van der Waals surface area contributed by atoms with Gasteiger partial charge in [-0.15, -0.1) is 11.8 Å². The second-order valence-electron chi connectivity index (χ2n) is 5.43. The van der Waals surface area contributed by atoms with Crippen LogP contribution < -0.4 is 0 Å². The molecule has 1 atom stereocenters. The predicted molar refractivity (Wildman–Crippen MR) is 76.8 cm³/mol. The van der Waals surface area contributed by atoms with E-state index in [0.717, 1.165) is 31.4 Å². The van der Waals surface area contributed by atoms with Crippen LogP contribution in [0.1, 0.15) is 59.8 Å². The molecule has 18 heavy (non-hydrogen) atoms. The second kappa shape index (κ2) is 9.65. The summed E-state index contributed by atoms with van der Waals surface area (Å²) in [6, 6.07) is 0. The Labute approximate surface area is 115 Å². The van der Waals surface area contributed by atoms with Crippen molar-refractivity contribution in [1.29, 1.82) is 0 Å². The Morgan fingerprint density at radius 2 is 1.94 bits per heavy atom. The number of alkyl halides is 1. The van der Waals surface area contributed by atoms with Crippen molar-refractivity contribution in [1.82, 2.24) is 0 Å². The van der Waals surface area contributed by atoms with Crippen LogP contribution >= 0.6 is 11.8 Å². The molecule has 1 unspecified atom stereocenters. The van der Waals surface area contributed by atoms with Crippen LogP contribution in [0.2, 0.25) is 0 Å². The van der Waals surface area contributed by atoms with Crippen molar-refractivity contribution in [3.05, 3.63) is 0 Å². The lowest BCUT2D eigenvalue weighted by molar-refractivity contribution is -0.154. The zero-order valence-corrected chi connectivity index (χ0v) is 12.9. The van der Waals surface area contributed by atoms with Crippen LogP contribution in [-0.2, 0) is 9.53 Å². The largest absolute Gasteiger partial charge is 0.459 e. The van der Waals surface area contributed by atoms with Crippen molar-refractivity contribution in [2.75, 3.05) is 12.4 Å². The SMILES string of the molecule is CCCCC(SCCCCF)C(=O)OC(C)(C)C. The molecule has 0 aliphatic heterocycles. The zero-order valence-electron chi connectivity index (χ0n) is 12.1. The van der Waals surface area contributed by atoms with E-state index < -0.39 is 5.60 Å². The molecule has 0 heterocycles. The molecule has 2 nitrogen and oxygen atoms in total. The summed E-state index contributed by atoms with van der Waals surface area (Å²) in [6.45, 7) is 7.49. The van der Waals surface area contributed by atoms with E-state index in [4.69, 9.17) is 4.74 Å². The summed E-state index contributed by atoms with van der Waals surface area (Å²) in [5.41, 5.74) is -0.430. The first kappa shape index (κ1) is 17.8. The molecule has 0 aliphatic rings. The smallest absolute Gasteiger partial charge is 0.319 e. The summed E-state index contributed by atoms with van der Waals surface area (Å²) in [4.78, 5) is 12.0. The van der Waals surface area contributed by atoms with Gasteiger partial charge in [-0.05, 0) is 45.8 Å². The molecule has 0 aromatic heterocycles. The molecule has 0 amide bonds. The maximum atomic E-state index is 12.0. The Hall–Kier alpha value is -0.250. The molecule has 0 aliphatic carbocycles. The van der Waals surface area contributed by atoms with Gasteiger partial charge in [0.05, 0.1) is 6.67 Å². The molecule has 0 N–H and O–H groups in total. The van der Waals surface area contributed by atoms with Crippen LogP contribution in [0.15, 0.2) is 0 Å². The van der Waals surface area contributed by atoms with E-state index in [1.54, 1.807) is 11.8 Å². The van der Waals surface area contributed by atoms with Crippen molar-refractivity contribution >= 4 is 17.7 Å². The minimum Gasteiger partial charge on any atom is -0.459 e. The number of hydrogen-bond acceptors (Lipinski definition) is 3. The monoisotopic (exact) mass is 278 g/mol. The Morgan fingerprint density at radius 3 is 2.44 bits per heavy atom. The number of rotatable bonds is 9. The van der Waals surface area contributed by atoms with Crippen LogP contribution in [0.25, 0.3) is 0 Å². The van der Waals surface area contributed by atoms with Gasteiger partial charge in [-0.2, -0.15) is 0 Å². The van der Waals surface area contributed by atoms with Gasteiger partial charge in [0.1, 0.15) is 10.9 Å². The molecule has 0 aromatic carbocycles. The fourth-order valence-electron chi connectivity index (χ4n) is 1.45. The topological polar surface area (TPSA) is 26.3 Å². The van der Waals surface area contributed by atoms with Gasteiger partial charge in [0, 0.05) is 0 Å². The first-order chi connectivity index (χ1) is 8.40. The molecule has 0 bridgehead atoms. The van der Waals surface area contributed by atoms with Crippen molar-refractivity contribution in [3.8, 4) is 0 Å². The zero-order chi connectivity index (χ0) is 14.0. The third-order valence-electron chi connectivity index (χ3n) is 2.34. The van der Waals surface area contributed by atoms with Crippen LogP contribution in [0.5, 0.6) is 0 Å². The fraction of sp³-hybridized carbons (Fsp3) is 0.929. The van der Waals surface area contributed by atoms with Crippen LogP contribution in [0, 0.1) is 0 Å². The second-order valence-corrected chi connectivity index (χ2v) is 6.74. The summed E-state index contributed by atoms with van der Waals surface area (Å²) < 4.78 is 17.4. The summed E-state index contributed by atoms with van der Waals surface area (Å²) in [6.07, 6.45) is 4.37. The van der Waals surface area contributed by atoms with Crippen LogP contribution in [0.4, 0.5) is 4.39 Å². The first-order valence-corrected chi connectivity index (χ1v) is 7.86. The van der Waals surface area contributed by atoms with E-state index in [-0.39, 0.29) is 17.9 Å². The van der Waals surface area contributed by atoms with Crippen molar-refractivity contribution < 1.29 is 13.9 Å². The molecule has 0 rings (SSSR count). The van der Waals surface area contributed by atoms with Crippen LogP contribution in [-0.4, -0.2) is 29.2 Å². The summed E-state index contributed by atoms with van der Waals surface area (Å²) in [7, 11) is 0. The third-order valence-corrected chi connectivity index (χ3v) is 3.69.